The lowest BCUT2D eigenvalue weighted by Crippen LogP contribution is -2.44. The first-order chi connectivity index (χ1) is 8.93. The average Bonchev–Trinajstić information content (AvgIpc) is 2.85. The van der Waals surface area contributed by atoms with Gasteiger partial charge in [0.1, 0.15) is 0 Å². The Labute approximate surface area is 114 Å². The van der Waals surface area contributed by atoms with Crippen LogP contribution in [0.1, 0.15) is 58.2 Å². The van der Waals surface area contributed by atoms with E-state index in [1.165, 1.54) is 12.8 Å². The average molecular weight is 265 g/mol. The number of rotatable bonds is 2. The zero-order valence-electron chi connectivity index (χ0n) is 12.0. The summed E-state index contributed by atoms with van der Waals surface area (Å²) >= 11 is 0. The Morgan fingerprint density at radius 3 is 2.37 bits per heavy atom. The minimum absolute atomic E-state index is 0.0949. The maximum Gasteiger partial charge on any atom is 0.230 e. The predicted octanol–water partition coefficient (Wildman–Crippen LogP) is 1.85. The molecule has 2 saturated heterocycles. The minimum Gasteiger partial charge on any atom is -0.423 e. The van der Waals surface area contributed by atoms with E-state index in [4.69, 9.17) is 4.42 Å². The molecule has 106 valence electrons. The highest BCUT2D eigenvalue weighted by atomic mass is 16.4. The van der Waals surface area contributed by atoms with E-state index in [2.05, 4.69) is 35.9 Å². The summed E-state index contributed by atoms with van der Waals surface area (Å²) in [5.74, 6) is 1.41. The van der Waals surface area contributed by atoms with Gasteiger partial charge in [0.2, 0.25) is 11.8 Å². The number of hydrogen-bond donors (Lipinski definition) is 1. The maximum absolute atomic E-state index is 9.81. The van der Waals surface area contributed by atoms with Gasteiger partial charge in [-0.15, -0.1) is 10.2 Å². The quantitative estimate of drug-likeness (QED) is 0.884. The molecule has 1 N–H and O–H groups in total. The van der Waals surface area contributed by atoms with Crippen molar-refractivity contribution < 1.29 is 9.52 Å². The molecule has 2 aliphatic rings. The van der Waals surface area contributed by atoms with Gasteiger partial charge in [-0.1, -0.05) is 20.8 Å². The summed E-state index contributed by atoms with van der Waals surface area (Å²) in [6.07, 6.45) is 4.01. The molecule has 3 rings (SSSR count). The monoisotopic (exact) mass is 265 g/mol. The first-order valence-corrected chi connectivity index (χ1v) is 7.20. The molecule has 2 atom stereocenters. The normalized spacial score (nSPS) is 31.9. The van der Waals surface area contributed by atoms with Gasteiger partial charge in [-0.2, -0.15) is 0 Å². The fourth-order valence-corrected chi connectivity index (χ4v) is 3.28. The Morgan fingerprint density at radius 1 is 1.21 bits per heavy atom. The number of piperidine rings is 1. The summed E-state index contributed by atoms with van der Waals surface area (Å²) in [6.45, 7) is 6.95. The summed E-state index contributed by atoms with van der Waals surface area (Å²) in [4.78, 5) is 2.44. The molecular weight excluding hydrogens is 242 g/mol. The summed E-state index contributed by atoms with van der Waals surface area (Å²) in [5.41, 5.74) is -0.0949. The van der Waals surface area contributed by atoms with Gasteiger partial charge in [0.05, 0.1) is 12.6 Å². The van der Waals surface area contributed by atoms with Crippen molar-refractivity contribution in [2.24, 2.45) is 0 Å². The third kappa shape index (κ3) is 2.54. The summed E-state index contributed by atoms with van der Waals surface area (Å²) < 4.78 is 5.78. The Morgan fingerprint density at radius 2 is 1.84 bits per heavy atom. The first-order valence-electron chi connectivity index (χ1n) is 7.20. The molecule has 0 spiro atoms. The van der Waals surface area contributed by atoms with Crippen LogP contribution in [0.4, 0.5) is 0 Å². The SMILES string of the molecule is CC(C)(C)c1nnc(CN2C3CCC2CC(O)C3)o1. The number of fused-ring (bicyclic) bond motifs is 2. The van der Waals surface area contributed by atoms with Crippen molar-refractivity contribution in [2.75, 3.05) is 0 Å². The van der Waals surface area contributed by atoms with Crippen LogP contribution in [0.15, 0.2) is 4.42 Å². The van der Waals surface area contributed by atoms with Crippen molar-refractivity contribution in [3.8, 4) is 0 Å². The number of aliphatic hydroxyl groups is 1. The van der Waals surface area contributed by atoms with Crippen LogP contribution in [-0.2, 0) is 12.0 Å². The maximum atomic E-state index is 9.81. The zero-order valence-corrected chi connectivity index (χ0v) is 12.0. The van der Waals surface area contributed by atoms with Gasteiger partial charge in [0.25, 0.3) is 0 Å². The lowest BCUT2D eigenvalue weighted by Gasteiger charge is -2.36. The van der Waals surface area contributed by atoms with Crippen molar-refractivity contribution in [3.63, 3.8) is 0 Å². The van der Waals surface area contributed by atoms with Crippen molar-refractivity contribution in [1.29, 1.82) is 0 Å². The second-order valence-electron chi connectivity index (χ2n) is 6.93. The molecule has 1 aromatic rings. The first kappa shape index (κ1) is 13.1. The van der Waals surface area contributed by atoms with Gasteiger partial charge in [0, 0.05) is 17.5 Å². The lowest BCUT2D eigenvalue weighted by molar-refractivity contribution is 0.0263. The molecule has 1 aromatic heterocycles. The Hall–Kier alpha value is -0.940. The van der Waals surface area contributed by atoms with Gasteiger partial charge >= 0.3 is 0 Å². The molecule has 0 radical (unpaired) electrons. The smallest absolute Gasteiger partial charge is 0.230 e. The van der Waals surface area contributed by atoms with E-state index < -0.39 is 0 Å². The van der Waals surface area contributed by atoms with Crippen LogP contribution >= 0.6 is 0 Å². The highest BCUT2D eigenvalue weighted by molar-refractivity contribution is 4.99. The third-order valence-corrected chi connectivity index (χ3v) is 4.29. The summed E-state index contributed by atoms with van der Waals surface area (Å²) in [5, 5.41) is 18.1. The molecule has 2 unspecified atom stereocenters. The Bertz CT molecular complexity index is 438. The van der Waals surface area contributed by atoms with Crippen molar-refractivity contribution in [2.45, 2.75) is 76.6 Å². The van der Waals surface area contributed by atoms with Crippen LogP contribution in [0.25, 0.3) is 0 Å². The van der Waals surface area contributed by atoms with Gasteiger partial charge in [-0.3, -0.25) is 4.90 Å². The third-order valence-electron chi connectivity index (χ3n) is 4.29. The van der Waals surface area contributed by atoms with Crippen molar-refractivity contribution in [3.05, 3.63) is 11.8 Å². The highest BCUT2D eigenvalue weighted by Gasteiger charge is 2.40. The lowest BCUT2D eigenvalue weighted by atomic mass is 9.97. The molecular formula is C14H23N3O2. The van der Waals surface area contributed by atoms with Gasteiger partial charge in [0.15, 0.2) is 0 Å². The molecule has 19 heavy (non-hydrogen) atoms. The van der Waals surface area contributed by atoms with Crippen molar-refractivity contribution >= 4 is 0 Å². The molecule has 0 saturated carbocycles. The Kier molecular flexibility index (Phi) is 3.14. The summed E-state index contributed by atoms with van der Waals surface area (Å²) in [6, 6.07) is 0.970. The summed E-state index contributed by atoms with van der Waals surface area (Å²) in [7, 11) is 0. The van der Waals surface area contributed by atoms with Crippen LogP contribution in [0.2, 0.25) is 0 Å². The van der Waals surface area contributed by atoms with Crippen LogP contribution < -0.4 is 0 Å². The van der Waals surface area contributed by atoms with E-state index in [0.29, 0.717) is 23.9 Å². The van der Waals surface area contributed by atoms with E-state index in [9.17, 15) is 5.11 Å². The fourth-order valence-electron chi connectivity index (χ4n) is 3.28. The molecule has 5 nitrogen and oxygen atoms in total. The molecule has 0 aliphatic carbocycles. The molecule has 0 aromatic carbocycles. The molecule has 3 heterocycles. The van der Waals surface area contributed by atoms with E-state index in [1.54, 1.807) is 0 Å². The standard InChI is InChI=1S/C14H23N3O2/c1-14(2,3)13-16-15-12(19-13)8-17-9-4-5-10(17)7-11(18)6-9/h9-11,18H,4-8H2,1-3H3. The van der Waals surface area contributed by atoms with Crippen molar-refractivity contribution in [1.82, 2.24) is 15.1 Å². The van der Waals surface area contributed by atoms with Crippen LogP contribution in [0.3, 0.4) is 0 Å². The predicted molar refractivity (Wildman–Crippen MR) is 70.6 cm³/mol. The fraction of sp³-hybridized carbons (Fsp3) is 0.857. The van der Waals surface area contributed by atoms with E-state index in [1.807, 2.05) is 0 Å². The van der Waals surface area contributed by atoms with E-state index in [-0.39, 0.29) is 11.5 Å². The van der Waals surface area contributed by atoms with Crippen LogP contribution in [0, 0.1) is 0 Å². The number of aromatic nitrogens is 2. The molecule has 2 fully saturated rings. The van der Waals surface area contributed by atoms with Gasteiger partial charge in [-0.25, -0.2) is 0 Å². The topological polar surface area (TPSA) is 62.4 Å². The number of hydrogen-bond acceptors (Lipinski definition) is 5. The van der Waals surface area contributed by atoms with Crippen LogP contribution in [0.5, 0.6) is 0 Å². The second-order valence-corrected chi connectivity index (χ2v) is 6.93. The Balaban J connectivity index is 1.71. The minimum atomic E-state index is -0.124. The van der Waals surface area contributed by atoms with Crippen LogP contribution in [-0.4, -0.2) is 38.4 Å². The molecule has 5 heteroatoms. The van der Waals surface area contributed by atoms with Gasteiger partial charge in [-0.05, 0) is 25.7 Å². The molecule has 2 aliphatic heterocycles. The zero-order chi connectivity index (χ0) is 13.6. The highest BCUT2D eigenvalue weighted by Crippen LogP contribution is 2.36. The molecule has 2 bridgehead atoms. The largest absolute Gasteiger partial charge is 0.423 e. The number of aliphatic hydroxyl groups excluding tert-OH is 1. The molecule has 0 amide bonds. The van der Waals surface area contributed by atoms with E-state index in [0.717, 1.165) is 19.4 Å². The van der Waals surface area contributed by atoms with Gasteiger partial charge < -0.3 is 9.52 Å². The second kappa shape index (κ2) is 4.56. The number of nitrogens with zero attached hydrogens (tertiary/aromatic N) is 3. The van der Waals surface area contributed by atoms with E-state index >= 15 is 0 Å².